The Hall–Kier alpha value is -3.24. The van der Waals surface area contributed by atoms with Crippen LogP contribution in [-0.2, 0) is 22.6 Å². The quantitative estimate of drug-likeness (QED) is 0.574. The first-order valence-electron chi connectivity index (χ1n) is 11.7. The van der Waals surface area contributed by atoms with Gasteiger partial charge in [-0.1, -0.05) is 30.3 Å². The number of morpholine rings is 1. The molecule has 2 aromatic rings. The summed E-state index contributed by atoms with van der Waals surface area (Å²) in [5.41, 5.74) is 5.66. The molecule has 182 valence electrons. The van der Waals surface area contributed by atoms with Gasteiger partial charge in [0.2, 0.25) is 5.91 Å². The number of anilines is 1. The predicted octanol–water partition coefficient (Wildman–Crippen LogP) is 0.166. The number of carbonyl (C=O) groups is 2. The Morgan fingerprint density at radius 2 is 1.76 bits per heavy atom. The van der Waals surface area contributed by atoms with Crippen LogP contribution >= 0.6 is 0 Å². The van der Waals surface area contributed by atoms with Gasteiger partial charge in [0, 0.05) is 19.6 Å². The van der Waals surface area contributed by atoms with Crippen molar-refractivity contribution in [2.75, 3.05) is 45.1 Å². The van der Waals surface area contributed by atoms with Crippen LogP contribution in [0.15, 0.2) is 39.9 Å². The van der Waals surface area contributed by atoms with E-state index < -0.39 is 23.1 Å². The molecule has 1 unspecified atom stereocenters. The maximum atomic E-state index is 13.4. The summed E-state index contributed by atoms with van der Waals surface area (Å²) in [6.07, 6.45) is 1.45. The number of ether oxygens (including phenoxy) is 1. The molecule has 10 heteroatoms. The summed E-state index contributed by atoms with van der Waals surface area (Å²) in [7, 11) is 0. The Kier molecular flexibility index (Phi) is 7.28. The van der Waals surface area contributed by atoms with E-state index in [0.717, 1.165) is 16.6 Å². The molecule has 1 aromatic heterocycles. The molecule has 1 atom stereocenters. The summed E-state index contributed by atoms with van der Waals surface area (Å²) in [4.78, 5) is 56.0. The van der Waals surface area contributed by atoms with Crippen LogP contribution in [-0.4, -0.2) is 76.1 Å². The minimum absolute atomic E-state index is 0.0124. The zero-order chi connectivity index (χ0) is 24.2. The maximum absolute atomic E-state index is 13.4. The van der Waals surface area contributed by atoms with Crippen LogP contribution in [0.1, 0.15) is 35.7 Å². The molecule has 1 amide bonds. The highest BCUT2D eigenvalue weighted by Crippen LogP contribution is 2.21. The van der Waals surface area contributed by atoms with E-state index in [1.54, 1.807) is 11.8 Å². The number of carbonyl (C=O) groups excluding carboxylic acids is 2. The van der Waals surface area contributed by atoms with Gasteiger partial charge in [0.25, 0.3) is 5.56 Å². The van der Waals surface area contributed by atoms with Gasteiger partial charge in [0.1, 0.15) is 11.4 Å². The lowest BCUT2D eigenvalue weighted by Gasteiger charge is -2.32. The van der Waals surface area contributed by atoms with Gasteiger partial charge < -0.3 is 15.4 Å². The van der Waals surface area contributed by atoms with E-state index in [1.165, 1.54) is 4.57 Å². The molecule has 2 aliphatic heterocycles. The number of hydrogen-bond donors (Lipinski definition) is 1. The average molecular weight is 470 g/mol. The minimum atomic E-state index is -0.686. The summed E-state index contributed by atoms with van der Waals surface area (Å²) >= 11 is 0. The van der Waals surface area contributed by atoms with Gasteiger partial charge in [-0.15, -0.1) is 0 Å². The molecule has 0 bridgehead atoms. The third kappa shape index (κ3) is 4.69. The Bertz CT molecular complexity index is 1170. The van der Waals surface area contributed by atoms with Gasteiger partial charge in [-0.25, -0.2) is 4.79 Å². The number of likely N-dealkylation sites (tertiary alicyclic amines) is 1. The van der Waals surface area contributed by atoms with E-state index in [9.17, 15) is 19.2 Å². The number of amides is 1. The fourth-order valence-corrected chi connectivity index (χ4v) is 4.73. The molecule has 10 nitrogen and oxygen atoms in total. The molecule has 2 N–H and O–H groups in total. The number of ketones is 1. The fraction of sp³-hybridized carbons (Fsp3) is 0.500. The van der Waals surface area contributed by atoms with E-state index in [2.05, 4.69) is 0 Å². The SMILES string of the molecule is CCn1c(=O)c(C(=O)CN2CCCC2C(=O)N2CCOCC2)c(N)n(Cc2ccccc2)c1=O. The second-order valence-corrected chi connectivity index (χ2v) is 8.65. The van der Waals surface area contributed by atoms with Crippen LogP contribution in [0.2, 0.25) is 0 Å². The number of aromatic nitrogens is 2. The molecule has 2 aliphatic rings. The summed E-state index contributed by atoms with van der Waals surface area (Å²) in [6.45, 7) is 4.51. The monoisotopic (exact) mass is 469 g/mol. The molecule has 34 heavy (non-hydrogen) atoms. The first kappa shape index (κ1) is 23.9. The molecule has 0 saturated carbocycles. The summed E-state index contributed by atoms with van der Waals surface area (Å²) in [5, 5.41) is 0. The van der Waals surface area contributed by atoms with E-state index in [0.29, 0.717) is 39.3 Å². The van der Waals surface area contributed by atoms with Crippen molar-refractivity contribution in [3.63, 3.8) is 0 Å². The number of nitrogen functional groups attached to an aromatic ring is 1. The summed E-state index contributed by atoms with van der Waals surface area (Å²) < 4.78 is 7.64. The Morgan fingerprint density at radius 1 is 1.06 bits per heavy atom. The first-order chi connectivity index (χ1) is 16.4. The lowest BCUT2D eigenvalue weighted by molar-refractivity contribution is -0.139. The molecule has 4 rings (SSSR count). The minimum Gasteiger partial charge on any atom is -0.384 e. The van der Waals surface area contributed by atoms with Crippen molar-refractivity contribution in [1.82, 2.24) is 18.9 Å². The van der Waals surface area contributed by atoms with Gasteiger partial charge in [-0.05, 0) is 31.9 Å². The van der Waals surface area contributed by atoms with Crippen molar-refractivity contribution in [2.45, 2.75) is 38.9 Å². The van der Waals surface area contributed by atoms with Crippen LogP contribution < -0.4 is 17.0 Å². The zero-order valence-corrected chi connectivity index (χ0v) is 19.4. The van der Waals surface area contributed by atoms with Gasteiger partial charge in [0.15, 0.2) is 5.78 Å². The highest BCUT2D eigenvalue weighted by atomic mass is 16.5. The third-order valence-electron chi connectivity index (χ3n) is 6.56. The standard InChI is InChI=1S/C24H31N5O5/c1-2-28-23(32)20(21(25)29(24(28)33)15-17-7-4-3-5-8-17)19(30)16-27-10-6-9-18(27)22(31)26-11-13-34-14-12-26/h3-5,7-8,18H,2,6,9-16,25H2,1H3. The fourth-order valence-electron chi connectivity index (χ4n) is 4.73. The van der Waals surface area contributed by atoms with Crippen molar-refractivity contribution < 1.29 is 14.3 Å². The third-order valence-corrected chi connectivity index (χ3v) is 6.56. The highest BCUT2D eigenvalue weighted by Gasteiger charge is 2.36. The van der Waals surface area contributed by atoms with Crippen LogP contribution in [0.5, 0.6) is 0 Å². The molecular formula is C24H31N5O5. The number of benzene rings is 1. The van der Waals surface area contributed by atoms with E-state index in [-0.39, 0.29) is 36.9 Å². The smallest absolute Gasteiger partial charge is 0.332 e. The second kappa shape index (κ2) is 10.4. The first-order valence-corrected chi connectivity index (χ1v) is 11.7. The largest absolute Gasteiger partial charge is 0.384 e. The van der Waals surface area contributed by atoms with Crippen molar-refractivity contribution in [1.29, 1.82) is 0 Å². The van der Waals surface area contributed by atoms with Gasteiger partial charge in [-0.2, -0.15) is 0 Å². The number of hydrogen-bond acceptors (Lipinski definition) is 7. The summed E-state index contributed by atoms with van der Waals surface area (Å²) in [6, 6.07) is 8.84. The number of rotatable bonds is 7. The normalized spacial score (nSPS) is 18.9. The second-order valence-electron chi connectivity index (χ2n) is 8.65. The Labute approximate surface area is 197 Å². The van der Waals surface area contributed by atoms with Crippen molar-refractivity contribution in [3.8, 4) is 0 Å². The lowest BCUT2D eigenvalue weighted by Crippen LogP contribution is -2.51. The Balaban J connectivity index is 1.62. The molecule has 0 radical (unpaired) electrons. The molecule has 0 spiro atoms. The van der Waals surface area contributed by atoms with Gasteiger partial charge in [-0.3, -0.25) is 28.4 Å². The van der Waals surface area contributed by atoms with E-state index in [1.807, 2.05) is 35.2 Å². The molecule has 0 aliphatic carbocycles. The highest BCUT2D eigenvalue weighted by molar-refractivity contribution is 6.01. The van der Waals surface area contributed by atoms with Crippen LogP contribution in [0.4, 0.5) is 5.82 Å². The molecule has 2 fully saturated rings. The van der Waals surface area contributed by atoms with Crippen LogP contribution in [0.3, 0.4) is 0 Å². The maximum Gasteiger partial charge on any atom is 0.332 e. The number of Topliss-reactive ketones (excluding diaryl/α,β-unsaturated/α-hetero) is 1. The van der Waals surface area contributed by atoms with Gasteiger partial charge >= 0.3 is 5.69 Å². The van der Waals surface area contributed by atoms with Crippen LogP contribution in [0, 0.1) is 0 Å². The average Bonchev–Trinajstić information content (AvgIpc) is 3.31. The van der Waals surface area contributed by atoms with Crippen molar-refractivity contribution >= 4 is 17.5 Å². The van der Waals surface area contributed by atoms with Crippen molar-refractivity contribution in [2.24, 2.45) is 0 Å². The van der Waals surface area contributed by atoms with E-state index in [4.69, 9.17) is 10.5 Å². The zero-order valence-electron chi connectivity index (χ0n) is 19.4. The Morgan fingerprint density at radius 3 is 2.44 bits per heavy atom. The van der Waals surface area contributed by atoms with E-state index >= 15 is 0 Å². The molecule has 3 heterocycles. The topological polar surface area (TPSA) is 120 Å². The molecular weight excluding hydrogens is 438 g/mol. The summed E-state index contributed by atoms with van der Waals surface area (Å²) in [5.74, 6) is -0.626. The lowest BCUT2D eigenvalue weighted by atomic mass is 10.1. The molecule has 1 aromatic carbocycles. The van der Waals surface area contributed by atoms with Crippen molar-refractivity contribution in [3.05, 3.63) is 62.3 Å². The van der Waals surface area contributed by atoms with Gasteiger partial charge in [0.05, 0.1) is 32.3 Å². The number of nitrogens with two attached hydrogens (primary N) is 1. The van der Waals surface area contributed by atoms with Crippen LogP contribution in [0.25, 0.3) is 0 Å². The molecule has 2 saturated heterocycles. The number of nitrogens with zero attached hydrogens (tertiary/aromatic N) is 4. The predicted molar refractivity (Wildman–Crippen MR) is 127 cm³/mol.